The molecule has 0 saturated heterocycles. The summed E-state index contributed by atoms with van der Waals surface area (Å²) in [5.74, 6) is -0.215. The smallest absolute Gasteiger partial charge is 0.250 e. The van der Waals surface area contributed by atoms with Crippen molar-refractivity contribution in [2.24, 2.45) is 0 Å². The highest BCUT2D eigenvalue weighted by atomic mass is 16.3. The van der Waals surface area contributed by atoms with E-state index in [1.807, 2.05) is 18.2 Å². The molecule has 5 heteroatoms. The van der Waals surface area contributed by atoms with Crippen LogP contribution in [0.15, 0.2) is 48.5 Å². The summed E-state index contributed by atoms with van der Waals surface area (Å²) in [5.41, 5.74) is 2.20. The number of aliphatic hydroxyl groups excluding tert-OH is 1. The lowest BCUT2D eigenvalue weighted by atomic mass is 10.2. The molecule has 0 aliphatic rings. The van der Waals surface area contributed by atoms with Gasteiger partial charge in [-0.1, -0.05) is 24.3 Å². The van der Waals surface area contributed by atoms with Crippen LogP contribution in [0.2, 0.25) is 0 Å². The SMILES string of the molecule is O=C(CO)Nc1cccc(NCc2ccccc2O)c1. The summed E-state index contributed by atoms with van der Waals surface area (Å²) in [5, 5.41) is 24.1. The zero-order valence-electron chi connectivity index (χ0n) is 10.8. The molecule has 0 aliphatic carbocycles. The lowest BCUT2D eigenvalue weighted by molar-refractivity contribution is -0.118. The molecule has 0 unspecified atom stereocenters. The summed E-state index contributed by atoms with van der Waals surface area (Å²) in [7, 11) is 0. The average Bonchev–Trinajstić information content (AvgIpc) is 2.47. The number of hydrogen-bond acceptors (Lipinski definition) is 4. The van der Waals surface area contributed by atoms with Gasteiger partial charge in [0.15, 0.2) is 0 Å². The van der Waals surface area contributed by atoms with Gasteiger partial charge < -0.3 is 20.8 Å². The molecule has 0 fully saturated rings. The lowest BCUT2D eigenvalue weighted by Gasteiger charge is -2.10. The Labute approximate surface area is 116 Å². The summed E-state index contributed by atoms with van der Waals surface area (Å²) < 4.78 is 0. The largest absolute Gasteiger partial charge is 0.508 e. The average molecular weight is 272 g/mol. The van der Waals surface area contributed by atoms with Crippen LogP contribution in [0.4, 0.5) is 11.4 Å². The predicted octanol–water partition coefficient (Wildman–Crippen LogP) is 1.94. The fourth-order valence-electron chi connectivity index (χ4n) is 1.77. The van der Waals surface area contributed by atoms with Crippen molar-refractivity contribution in [1.82, 2.24) is 0 Å². The Morgan fingerprint density at radius 1 is 1.05 bits per heavy atom. The van der Waals surface area contributed by atoms with Gasteiger partial charge in [0.1, 0.15) is 12.4 Å². The van der Waals surface area contributed by atoms with Crippen LogP contribution >= 0.6 is 0 Å². The highest BCUT2D eigenvalue weighted by Crippen LogP contribution is 2.19. The van der Waals surface area contributed by atoms with E-state index in [9.17, 15) is 9.90 Å². The van der Waals surface area contributed by atoms with Crippen LogP contribution in [0.1, 0.15) is 5.56 Å². The topological polar surface area (TPSA) is 81.6 Å². The number of rotatable bonds is 5. The summed E-state index contributed by atoms with van der Waals surface area (Å²) in [6.07, 6.45) is 0. The predicted molar refractivity (Wildman–Crippen MR) is 77.6 cm³/mol. The van der Waals surface area contributed by atoms with E-state index in [1.54, 1.807) is 30.3 Å². The van der Waals surface area contributed by atoms with Crippen molar-refractivity contribution in [2.75, 3.05) is 17.2 Å². The van der Waals surface area contributed by atoms with Gasteiger partial charge in [-0.15, -0.1) is 0 Å². The van der Waals surface area contributed by atoms with Crippen LogP contribution in [-0.2, 0) is 11.3 Å². The van der Waals surface area contributed by atoms with Crippen molar-refractivity contribution in [1.29, 1.82) is 0 Å². The van der Waals surface area contributed by atoms with Gasteiger partial charge in [-0.25, -0.2) is 0 Å². The van der Waals surface area contributed by atoms with Crippen LogP contribution < -0.4 is 10.6 Å². The number of carbonyl (C=O) groups is 1. The van der Waals surface area contributed by atoms with Crippen LogP contribution in [0.3, 0.4) is 0 Å². The monoisotopic (exact) mass is 272 g/mol. The van der Waals surface area contributed by atoms with Crippen molar-refractivity contribution in [2.45, 2.75) is 6.54 Å². The second-order valence-corrected chi connectivity index (χ2v) is 4.27. The Bertz CT molecular complexity index is 599. The summed E-state index contributed by atoms with van der Waals surface area (Å²) in [6.45, 7) is -0.0698. The number of hydrogen-bond donors (Lipinski definition) is 4. The Hall–Kier alpha value is -2.53. The third kappa shape index (κ3) is 3.73. The normalized spacial score (nSPS) is 10.1. The fourth-order valence-corrected chi connectivity index (χ4v) is 1.77. The molecule has 0 aliphatic heterocycles. The van der Waals surface area contributed by atoms with Crippen LogP contribution in [0, 0.1) is 0 Å². The van der Waals surface area contributed by atoms with Gasteiger partial charge in [0.25, 0.3) is 0 Å². The van der Waals surface area contributed by atoms with Crippen molar-refractivity contribution in [3.8, 4) is 5.75 Å². The van der Waals surface area contributed by atoms with Crippen molar-refractivity contribution in [3.05, 3.63) is 54.1 Å². The number of phenolic OH excluding ortho intramolecular Hbond substituents is 1. The first-order chi connectivity index (χ1) is 9.69. The molecule has 0 spiro atoms. The highest BCUT2D eigenvalue weighted by Gasteiger charge is 2.02. The molecule has 104 valence electrons. The number of anilines is 2. The van der Waals surface area contributed by atoms with Crippen molar-refractivity contribution in [3.63, 3.8) is 0 Å². The first-order valence-electron chi connectivity index (χ1n) is 6.20. The molecule has 2 aromatic carbocycles. The van der Waals surface area contributed by atoms with Gasteiger partial charge in [0.2, 0.25) is 5.91 Å². The number of phenols is 1. The molecule has 5 nitrogen and oxygen atoms in total. The summed E-state index contributed by atoms with van der Waals surface area (Å²) in [6, 6.07) is 14.2. The van der Waals surface area contributed by atoms with Crippen molar-refractivity contribution < 1.29 is 15.0 Å². The molecule has 0 saturated carbocycles. The molecule has 0 atom stereocenters. The molecule has 4 N–H and O–H groups in total. The summed E-state index contributed by atoms with van der Waals surface area (Å²) in [4.78, 5) is 11.1. The zero-order valence-corrected chi connectivity index (χ0v) is 10.8. The quantitative estimate of drug-likeness (QED) is 0.670. The van der Waals surface area contributed by atoms with Crippen molar-refractivity contribution >= 4 is 17.3 Å². The first-order valence-corrected chi connectivity index (χ1v) is 6.20. The van der Waals surface area contributed by atoms with E-state index in [-0.39, 0.29) is 5.75 Å². The van der Waals surface area contributed by atoms with E-state index < -0.39 is 12.5 Å². The highest BCUT2D eigenvalue weighted by molar-refractivity contribution is 5.91. The molecule has 0 bridgehead atoms. The van der Waals surface area contributed by atoms with E-state index in [0.717, 1.165) is 11.3 Å². The summed E-state index contributed by atoms with van der Waals surface area (Å²) >= 11 is 0. The van der Waals surface area contributed by atoms with Gasteiger partial charge in [-0.2, -0.15) is 0 Å². The second-order valence-electron chi connectivity index (χ2n) is 4.27. The standard InChI is InChI=1S/C15H16N2O3/c18-10-15(20)17-13-6-3-5-12(8-13)16-9-11-4-1-2-7-14(11)19/h1-8,16,18-19H,9-10H2,(H,17,20). The maximum absolute atomic E-state index is 11.1. The molecular formula is C15H16N2O3. The minimum Gasteiger partial charge on any atom is -0.508 e. The van der Waals surface area contributed by atoms with E-state index in [2.05, 4.69) is 10.6 Å². The zero-order chi connectivity index (χ0) is 14.4. The van der Waals surface area contributed by atoms with E-state index in [0.29, 0.717) is 12.2 Å². The second kappa shape index (κ2) is 6.58. The maximum atomic E-state index is 11.1. The first kappa shape index (κ1) is 13.9. The number of nitrogens with one attached hydrogen (secondary N) is 2. The van der Waals surface area contributed by atoms with Crippen LogP contribution in [-0.4, -0.2) is 22.7 Å². The van der Waals surface area contributed by atoms with E-state index in [1.165, 1.54) is 0 Å². The van der Waals surface area contributed by atoms with Gasteiger partial charge in [-0.05, 0) is 24.3 Å². The number of para-hydroxylation sites is 1. The maximum Gasteiger partial charge on any atom is 0.250 e. The molecular weight excluding hydrogens is 256 g/mol. The van der Waals surface area contributed by atoms with Gasteiger partial charge >= 0.3 is 0 Å². The van der Waals surface area contributed by atoms with Gasteiger partial charge in [0, 0.05) is 23.5 Å². The molecule has 0 aromatic heterocycles. The Kier molecular flexibility index (Phi) is 4.57. The minimum atomic E-state index is -0.546. The molecule has 0 heterocycles. The number of amides is 1. The third-order valence-corrected chi connectivity index (χ3v) is 2.76. The van der Waals surface area contributed by atoms with Gasteiger partial charge in [0.05, 0.1) is 0 Å². The molecule has 2 aromatic rings. The molecule has 20 heavy (non-hydrogen) atoms. The van der Waals surface area contributed by atoms with Gasteiger partial charge in [-0.3, -0.25) is 4.79 Å². The fraction of sp³-hybridized carbons (Fsp3) is 0.133. The number of benzene rings is 2. The Morgan fingerprint density at radius 3 is 2.55 bits per heavy atom. The Morgan fingerprint density at radius 2 is 1.80 bits per heavy atom. The molecule has 1 amide bonds. The van der Waals surface area contributed by atoms with Crippen LogP contribution in [0.25, 0.3) is 0 Å². The van der Waals surface area contributed by atoms with Crippen LogP contribution in [0.5, 0.6) is 5.75 Å². The number of aliphatic hydroxyl groups is 1. The van der Waals surface area contributed by atoms with E-state index >= 15 is 0 Å². The minimum absolute atomic E-state index is 0.240. The Balaban J connectivity index is 2.01. The lowest BCUT2D eigenvalue weighted by Crippen LogP contribution is -2.15. The number of carbonyl (C=O) groups excluding carboxylic acids is 1. The molecule has 0 radical (unpaired) electrons. The number of aromatic hydroxyl groups is 1. The molecule has 2 rings (SSSR count). The third-order valence-electron chi connectivity index (χ3n) is 2.76. The van der Waals surface area contributed by atoms with E-state index in [4.69, 9.17) is 5.11 Å².